The van der Waals surface area contributed by atoms with Crippen molar-refractivity contribution in [3.05, 3.63) is 0 Å². The molecule has 0 saturated carbocycles. The highest BCUT2D eigenvalue weighted by atomic mass is 16.4. The first-order chi connectivity index (χ1) is 8.27. The summed E-state index contributed by atoms with van der Waals surface area (Å²) in [6, 6.07) is 0. The lowest BCUT2D eigenvalue weighted by Crippen LogP contribution is -2.52. The zero-order valence-corrected chi connectivity index (χ0v) is 9.36. The van der Waals surface area contributed by atoms with Crippen LogP contribution in [0.3, 0.4) is 0 Å². The maximum atomic E-state index is 11.4. The van der Waals surface area contributed by atoms with Crippen LogP contribution in [0.15, 0.2) is 0 Å². The number of hydrogen-bond donors (Lipinski definition) is 8. The normalized spacial score (nSPS) is 21.8. The molecule has 0 saturated heterocycles. The van der Waals surface area contributed by atoms with Crippen molar-refractivity contribution < 1.29 is 45.6 Å². The Hall–Kier alpha value is -0.650. The highest BCUT2D eigenvalue weighted by molar-refractivity contribution is 5.88. The van der Waals surface area contributed by atoms with Gasteiger partial charge in [-0.2, -0.15) is 0 Å². The van der Waals surface area contributed by atoms with E-state index in [1.807, 2.05) is 0 Å². The third-order valence-electron chi connectivity index (χ3n) is 2.39. The molecule has 0 aromatic heterocycles. The minimum absolute atomic E-state index is 0.927. The Morgan fingerprint density at radius 3 is 1.22 bits per heavy atom. The number of aliphatic hydroxyl groups is 8. The van der Waals surface area contributed by atoms with Gasteiger partial charge in [-0.25, -0.2) is 0 Å². The van der Waals surface area contributed by atoms with Gasteiger partial charge in [0, 0.05) is 0 Å². The monoisotopic (exact) mass is 270 g/mol. The summed E-state index contributed by atoms with van der Waals surface area (Å²) < 4.78 is 0. The molecule has 0 aromatic rings. The van der Waals surface area contributed by atoms with Crippen LogP contribution in [-0.2, 0) is 4.79 Å². The molecule has 0 radical (unpaired) electrons. The highest BCUT2D eigenvalue weighted by Gasteiger charge is 2.38. The van der Waals surface area contributed by atoms with Crippen molar-refractivity contribution in [2.24, 2.45) is 0 Å². The Bertz CT molecular complexity index is 234. The van der Waals surface area contributed by atoms with Gasteiger partial charge < -0.3 is 40.9 Å². The van der Waals surface area contributed by atoms with Crippen molar-refractivity contribution in [1.29, 1.82) is 0 Å². The van der Waals surface area contributed by atoms with Crippen LogP contribution >= 0.6 is 0 Å². The second-order valence-electron chi connectivity index (χ2n) is 3.77. The van der Waals surface area contributed by atoms with Gasteiger partial charge in [0.25, 0.3) is 0 Å². The Kier molecular flexibility index (Phi) is 7.43. The second-order valence-corrected chi connectivity index (χ2v) is 3.77. The summed E-state index contributed by atoms with van der Waals surface area (Å²) in [5.74, 6) is -1.46. The van der Waals surface area contributed by atoms with E-state index in [4.69, 9.17) is 20.4 Å². The van der Waals surface area contributed by atoms with Crippen molar-refractivity contribution in [3.8, 4) is 0 Å². The molecule has 9 heteroatoms. The summed E-state index contributed by atoms with van der Waals surface area (Å²) in [6.45, 7) is -1.85. The number of aliphatic hydroxyl groups excluding tert-OH is 8. The molecule has 0 spiro atoms. The third kappa shape index (κ3) is 4.23. The fourth-order valence-electron chi connectivity index (χ4n) is 1.15. The number of rotatable bonds is 8. The third-order valence-corrected chi connectivity index (χ3v) is 2.39. The number of ketones is 1. The highest BCUT2D eigenvalue weighted by Crippen LogP contribution is 2.08. The van der Waals surface area contributed by atoms with Gasteiger partial charge in [-0.05, 0) is 0 Å². The Morgan fingerprint density at radius 2 is 1.00 bits per heavy atom. The zero-order valence-electron chi connectivity index (χ0n) is 9.36. The van der Waals surface area contributed by atoms with Gasteiger partial charge in [0.05, 0.1) is 13.2 Å². The van der Waals surface area contributed by atoms with Crippen LogP contribution in [0.25, 0.3) is 0 Å². The van der Waals surface area contributed by atoms with Gasteiger partial charge in [-0.3, -0.25) is 4.79 Å². The maximum Gasteiger partial charge on any atom is 0.195 e. The van der Waals surface area contributed by atoms with E-state index in [9.17, 15) is 25.2 Å². The van der Waals surface area contributed by atoms with E-state index in [0.717, 1.165) is 0 Å². The van der Waals surface area contributed by atoms with Gasteiger partial charge >= 0.3 is 0 Å². The van der Waals surface area contributed by atoms with Crippen molar-refractivity contribution in [2.75, 3.05) is 13.2 Å². The van der Waals surface area contributed by atoms with E-state index in [2.05, 4.69) is 0 Å². The maximum absolute atomic E-state index is 11.4. The molecule has 6 atom stereocenters. The molecule has 0 amide bonds. The number of carbonyl (C=O) groups is 1. The van der Waals surface area contributed by atoms with Gasteiger partial charge in [0.2, 0.25) is 0 Å². The quantitative estimate of drug-likeness (QED) is 0.214. The molecule has 0 rings (SSSR count). The molecule has 0 heterocycles. The minimum Gasteiger partial charge on any atom is -0.394 e. The Labute approximate surface area is 102 Å². The van der Waals surface area contributed by atoms with Crippen LogP contribution in [0.5, 0.6) is 0 Å². The molecule has 0 aromatic carbocycles. The van der Waals surface area contributed by atoms with Crippen LogP contribution < -0.4 is 0 Å². The predicted octanol–water partition coefficient (Wildman–Crippen LogP) is -5.29. The average Bonchev–Trinajstić information content (AvgIpc) is 2.40. The molecular weight excluding hydrogens is 252 g/mol. The van der Waals surface area contributed by atoms with Gasteiger partial charge in [-0.15, -0.1) is 0 Å². The summed E-state index contributed by atoms with van der Waals surface area (Å²) in [5, 5.41) is 71.9. The van der Waals surface area contributed by atoms with Crippen molar-refractivity contribution in [1.82, 2.24) is 0 Å². The number of hydrogen-bond acceptors (Lipinski definition) is 9. The summed E-state index contributed by atoms with van der Waals surface area (Å²) in [4.78, 5) is 11.4. The first kappa shape index (κ1) is 17.4. The first-order valence-electron chi connectivity index (χ1n) is 5.11. The smallest absolute Gasteiger partial charge is 0.195 e. The molecule has 108 valence electrons. The van der Waals surface area contributed by atoms with E-state index >= 15 is 0 Å². The van der Waals surface area contributed by atoms with Crippen LogP contribution in [0.1, 0.15) is 0 Å². The fourth-order valence-corrected chi connectivity index (χ4v) is 1.15. The Balaban J connectivity index is 4.63. The van der Waals surface area contributed by atoms with E-state index in [0.29, 0.717) is 0 Å². The average molecular weight is 270 g/mol. The molecule has 0 aliphatic carbocycles. The van der Waals surface area contributed by atoms with Crippen LogP contribution in [0.4, 0.5) is 0 Å². The Morgan fingerprint density at radius 1 is 0.722 bits per heavy atom. The molecule has 0 aliphatic heterocycles. The predicted molar refractivity (Wildman–Crippen MR) is 55.2 cm³/mol. The van der Waals surface area contributed by atoms with Crippen molar-refractivity contribution >= 4 is 5.78 Å². The van der Waals surface area contributed by atoms with Gasteiger partial charge in [0.1, 0.15) is 36.6 Å². The lowest BCUT2D eigenvalue weighted by Gasteiger charge is -2.25. The summed E-state index contributed by atoms with van der Waals surface area (Å²) >= 11 is 0. The van der Waals surface area contributed by atoms with E-state index in [1.165, 1.54) is 0 Å². The number of carbonyl (C=O) groups excluding carboxylic acids is 1. The minimum atomic E-state index is -2.26. The van der Waals surface area contributed by atoms with Gasteiger partial charge in [-0.1, -0.05) is 0 Å². The summed E-state index contributed by atoms with van der Waals surface area (Å²) in [7, 11) is 0. The van der Waals surface area contributed by atoms with Crippen molar-refractivity contribution in [2.45, 2.75) is 36.6 Å². The van der Waals surface area contributed by atoms with E-state index in [-0.39, 0.29) is 0 Å². The van der Waals surface area contributed by atoms with E-state index < -0.39 is 55.6 Å². The molecule has 8 N–H and O–H groups in total. The molecule has 0 unspecified atom stereocenters. The molecule has 9 nitrogen and oxygen atoms in total. The lowest BCUT2D eigenvalue weighted by molar-refractivity contribution is -0.159. The summed E-state index contributed by atoms with van der Waals surface area (Å²) in [6.07, 6.45) is -12.3. The molecule has 0 bridgehead atoms. The second kappa shape index (κ2) is 7.71. The van der Waals surface area contributed by atoms with Crippen LogP contribution in [-0.4, -0.2) is 96.5 Å². The standard InChI is InChI=1S/C9H18O9/c10-1-3(12)5(14)7(16)9(18)8(17)6(15)4(13)2-11/h3-8,10-17H,1-2H2/t3-,4+,5-,6-,7-,8-/m1/s1. The zero-order chi connectivity index (χ0) is 14.5. The van der Waals surface area contributed by atoms with Gasteiger partial charge in [0.15, 0.2) is 5.78 Å². The first-order valence-corrected chi connectivity index (χ1v) is 5.11. The molecule has 18 heavy (non-hydrogen) atoms. The lowest BCUT2D eigenvalue weighted by atomic mass is 9.96. The largest absolute Gasteiger partial charge is 0.394 e. The van der Waals surface area contributed by atoms with Crippen LogP contribution in [0.2, 0.25) is 0 Å². The van der Waals surface area contributed by atoms with Crippen LogP contribution in [0, 0.1) is 0 Å². The molecule has 0 fully saturated rings. The summed E-state index contributed by atoms with van der Waals surface area (Å²) in [5.41, 5.74) is 0. The molecular formula is C9H18O9. The van der Waals surface area contributed by atoms with E-state index in [1.54, 1.807) is 0 Å². The fraction of sp³-hybridized carbons (Fsp3) is 0.889. The SMILES string of the molecule is O=C([C@H](O)[C@H](O)[C@H](O)CO)[C@H](O)[C@H](O)[C@@H](O)CO. The van der Waals surface area contributed by atoms with Crippen molar-refractivity contribution in [3.63, 3.8) is 0 Å². The number of Topliss-reactive ketones (excluding diaryl/α,β-unsaturated/α-hetero) is 1. The molecule has 0 aliphatic rings. The topological polar surface area (TPSA) is 179 Å².